The van der Waals surface area contributed by atoms with E-state index in [1.54, 1.807) is 0 Å². The van der Waals surface area contributed by atoms with E-state index in [0.29, 0.717) is 5.92 Å². The maximum atomic E-state index is 4.14. The van der Waals surface area contributed by atoms with Gasteiger partial charge in [-0.1, -0.05) is 25.1 Å². The number of para-hydroxylation sites is 1. The minimum absolute atomic E-state index is 0.667. The lowest BCUT2D eigenvalue weighted by molar-refractivity contribution is 0.562. The molecule has 3 rings (SSSR count). The highest BCUT2D eigenvalue weighted by molar-refractivity contribution is 9.10. The van der Waals surface area contributed by atoms with E-state index in [1.807, 2.05) is 12.4 Å². The summed E-state index contributed by atoms with van der Waals surface area (Å²) in [4.78, 5) is 6.53. The highest BCUT2D eigenvalue weighted by atomic mass is 79.9. The molecule has 1 aromatic carbocycles. The average molecular weight is 303 g/mol. The van der Waals surface area contributed by atoms with Crippen LogP contribution in [0.4, 0.5) is 11.4 Å². The number of halogens is 1. The first-order valence-corrected chi connectivity index (χ1v) is 7.00. The summed E-state index contributed by atoms with van der Waals surface area (Å²) in [5.41, 5.74) is 3.95. The average Bonchev–Trinajstić information content (AvgIpc) is 2.38. The van der Waals surface area contributed by atoms with Crippen molar-refractivity contribution in [2.75, 3.05) is 11.4 Å². The Hall–Kier alpha value is -1.35. The molecule has 18 heavy (non-hydrogen) atoms. The predicted octanol–water partition coefficient (Wildman–Crippen LogP) is 4.17. The molecule has 0 aliphatic carbocycles. The van der Waals surface area contributed by atoms with Gasteiger partial charge in [0, 0.05) is 24.6 Å². The van der Waals surface area contributed by atoms with Crippen molar-refractivity contribution in [2.45, 2.75) is 13.3 Å². The van der Waals surface area contributed by atoms with E-state index >= 15 is 0 Å². The Bertz CT molecular complexity index is 568. The monoisotopic (exact) mass is 302 g/mol. The fraction of sp³-hybridized carbons (Fsp3) is 0.267. The largest absolute Gasteiger partial charge is 0.340 e. The molecule has 2 nitrogen and oxygen atoms in total. The third-order valence-electron chi connectivity index (χ3n) is 3.39. The van der Waals surface area contributed by atoms with Crippen molar-refractivity contribution >= 4 is 27.3 Å². The number of hydrogen-bond acceptors (Lipinski definition) is 2. The molecule has 1 aliphatic heterocycles. The molecule has 0 bridgehead atoms. The van der Waals surface area contributed by atoms with Crippen LogP contribution in [0.25, 0.3) is 0 Å². The first-order valence-electron chi connectivity index (χ1n) is 6.20. The molecule has 1 unspecified atom stereocenters. The molecule has 0 saturated carbocycles. The van der Waals surface area contributed by atoms with Gasteiger partial charge in [0.2, 0.25) is 0 Å². The fourth-order valence-corrected chi connectivity index (χ4v) is 3.08. The van der Waals surface area contributed by atoms with E-state index in [4.69, 9.17) is 0 Å². The summed E-state index contributed by atoms with van der Waals surface area (Å²) < 4.78 is 1.05. The second kappa shape index (κ2) is 4.73. The van der Waals surface area contributed by atoms with Crippen LogP contribution in [0.2, 0.25) is 0 Å². The van der Waals surface area contributed by atoms with E-state index in [9.17, 15) is 0 Å². The van der Waals surface area contributed by atoms with Gasteiger partial charge in [-0.15, -0.1) is 0 Å². The Kier molecular flexibility index (Phi) is 3.08. The van der Waals surface area contributed by atoms with E-state index in [0.717, 1.165) is 17.4 Å². The van der Waals surface area contributed by atoms with E-state index in [2.05, 4.69) is 63.1 Å². The molecule has 2 aromatic rings. The molecule has 0 spiro atoms. The van der Waals surface area contributed by atoms with Crippen LogP contribution >= 0.6 is 15.9 Å². The molecule has 0 radical (unpaired) electrons. The first-order chi connectivity index (χ1) is 8.75. The number of aromatic nitrogens is 1. The lowest BCUT2D eigenvalue weighted by Crippen LogP contribution is -2.30. The number of pyridine rings is 1. The molecular weight excluding hydrogens is 288 g/mol. The number of rotatable bonds is 1. The molecule has 0 fully saturated rings. The van der Waals surface area contributed by atoms with Gasteiger partial charge in [-0.2, -0.15) is 0 Å². The minimum Gasteiger partial charge on any atom is -0.340 e. The Morgan fingerprint density at radius 3 is 2.89 bits per heavy atom. The van der Waals surface area contributed by atoms with Crippen molar-refractivity contribution < 1.29 is 0 Å². The Balaban J connectivity index is 2.11. The highest BCUT2D eigenvalue weighted by Gasteiger charge is 2.23. The number of anilines is 2. The molecule has 3 heteroatoms. The molecule has 0 saturated heterocycles. The van der Waals surface area contributed by atoms with Crippen LogP contribution in [0, 0.1) is 5.92 Å². The van der Waals surface area contributed by atoms with E-state index < -0.39 is 0 Å². The van der Waals surface area contributed by atoms with Gasteiger partial charge < -0.3 is 4.90 Å². The molecule has 0 N–H and O–H groups in total. The molecule has 1 aromatic heterocycles. The molecular formula is C15H15BrN2. The summed E-state index contributed by atoms with van der Waals surface area (Å²) in [7, 11) is 0. The van der Waals surface area contributed by atoms with Crippen LogP contribution < -0.4 is 4.90 Å². The lowest BCUT2D eigenvalue weighted by atomic mass is 9.93. The van der Waals surface area contributed by atoms with Crippen LogP contribution in [0.15, 0.2) is 47.2 Å². The van der Waals surface area contributed by atoms with Crippen molar-refractivity contribution in [3.63, 3.8) is 0 Å². The smallest absolute Gasteiger partial charge is 0.0595 e. The summed E-state index contributed by atoms with van der Waals surface area (Å²) in [6.45, 7) is 3.36. The van der Waals surface area contributed by atoms with Gasteiger partial charge in [0.05, 0.1) is 10.2 Å². The standard InChI is InChI=1S/C15H15BrN2/c1-11-8-12-4-2-3-5-14(12)18(10-11)15-6-7-17-9-13(15)16/h2-7,9,11H,8,10H2,1H3. The molecule has 92 valence electrons. The van der Waals surface area contributed by atoms with Gasteiger partial charge >= 0.3 is 0 Å². The molecule has 2 heterocycles. The number of nitrogens with zero attached hydrogens (tertiary/aromatic N) is 2. The Morgan fingerprint density at radius 1 is 1.22 bits per heavy atom. The number of benzene rings is 1. The SMILES string of the molecule is CC1Cc2ccccc2N(c2ccncc2Br)C1. The summed E-state index contributed by atoms with van der Waals surface area (Å²) in [5, 5.41) is 0. The van der Waals surface area contributed by atoms with Gasteiger partial charge in [-0.3, -0.25) is 4.98 Å². The second-order valence-corrected chi connectivity index (χ2v) is 5.73. The van der Waals surface area contributed by atoms with Crippen molar-refractivity contribution in [1.29, 1.82) is 0 Å². The normalized spacial score (nSPS) is 18.6. The van der Waals surface area contributed by atoms with Gasteiger partial charge in [0.15, 0.2) is 0 Å². The van der Waals surface area contributed by atoms with Crippen LogP contribution in [0.5, 0.6) is 0 Å². The van der Waals surface area contributed by atoms with Crippen molar-refractivity contribution in [3.05, 3.63) is 52.8 Å². The van der Waals surface area contributed by atoms with Crippen molar-refractivity contribution in [1.82, 2.24) is 4.98 Å². The predicted molar refractivity (Wildman–Crippen MR) is 78.3 cm³/mol. The van der Waals surface area contributed by atoms with E-state index in [-0.39, 0.29) is 0 Å². The highest BCUT2D eigenvalue weighted by Crippen LogP contribution is 2.37. The van der Waals surface area contributed by atoms with Gasteiger partial charge in [0.25, 0.3) is 0 Å². The zero-order chi connectivity index (χ0) is 12.5. The van der Waals surface area contributed by atoms with Crippen LogP contribution in [0.3, 0.4) is 0 Å². The van der Waals surface area contributed by atoms with Crippen LogP contribution in [-0.4, -0.2) is 11.5 Å². The summed E-state index contributed by atoms with van der Waals surface area (Å²) >= 11 is 3.60. The third-order valence-corrected chi connectivity index (χ3v) is 4.00. The second-order valence-electron chi connectivity index (χ2n) is 4.88. The van der Waals surface area contributed by atoms with Crippen molar-refractivity contribution in [2.24, 2.45) is 5.92 Å². The van der Waals surface area contributed by atoms with Gasteiger partial charge in [-0.05, 0) is 46.0 Å². The summed E-state index contributed by atoms with van der Waals surface area (Å²) in [6, 6.07) is 10.7. The van der Waals surface area contributed by atoms with Crippen LogP contribution in [-0.2, 0) is 6.42 Å². The number of fused-ring (bicyclic) bond motifs is 1. The Labute approximate surface area is 116 Å². The number of hydrogen-bond donors (Lipinski definition) is 0. The quantitative estimate of drug-likeness (QED) is 0.786. The van der Waals surface area contributed by atoms with E-state index in [1.165, 1.54) is 16.9 Å². The zero-order valence-electron chi connectivity index (χ0n) is 10.3. The lowest BCUT2D eigenvalue weighted by Gasteiger charge is -2.35. The minimum atomic E-state index is 0.667. The van der Waals surface area contributed by atoms with Crippen molar-refractivity contribution in [3.8, 4) is 0 Å². The third kappa shape index (κ3) is 2.03. The molecule has 1 atom stereocenters. The summed E-state index contributed by atoms with van der Waals surface area (Å²) in [5.74, 6) is 0.667. The van der Waals surface area contributed by atoms with Gasteiger partial charge in [-0.25, -0.2) is 0 Å². The maximum Gasteiger partial charge on any atom is 0.0595 e. The topological polar surface area (TPSA) is 16.1 Å². The van der Waals surface area contributed by atoms with Gasteiger partial charge in [0.1, 0.15) is 0 Å². The molecule has 1 aliphatic rings. The maximum absolute atomic E-state index is 4.14. The zero-order valence-corrected chi connectivity index (χ0v) is 11.9. The fourth-order valence-electron chi connectivity index (χ4n) is 2.61. The summed E-state index contributed by atoms with van der Waals surface area (Å²) in [6.07, 6.45) is 4.87. The molecule has 0 amide bonds. The Morgan fingerprint density at radius 2 is 2.06 bits per heavy atom. The first kappa shape index (κ1) is 11.7. The van der Waals surface area contributed by atoms with Crippen LogP contribution in [0.1, 0.15) is 12.5 Å².